The van der Waals surface area contributed by atoms with Gasteiger partial charge in [0.25, 0.3) is 10.1 Å². The third-order valence-corrected chi connectivity index (χ3v) is 12.5. The second-order valence-corrected chi connectivity index (χ2v) is 19.3. The summed E-state index contributed by atoms with van der Waals surface area (Å²) >= 11 is 0. The fourth-order valence-electron chi connectivity index (χ4n) is 7.81. The molecule has 0 radical (unpaired) electrons. The van der Waals surface area contributed by atoms with Gasteiger partial charge in [-0.05, 0) is 44.9 Å². The number of carbonyl (C=O) groups excluding carboxylic acids is 2. The normalized spacial score (nSPS) is 19.9. The molecule has 0 saturated carbocycles. The molecule has 1 saturated heterocycles. The smallest absolute Gasteiger partial charge is 0.306 e. The number of rotatable bonds is 43. The molecule has 0 aromatic rings. The van der Waals surface area contributed by atoms with Crippen molar-refractivity contribution in [3.63, 3.8) is 0 Å². The molecule has 1 aliphatic rings. The lowest BCUT2D eigenvalue weighted by Crippen LogP contribution is -2.60. The van der Waals surface area contributed by atoms with E-state index in [1.165, 1.54) is 109 Å². The fourth-order valence-corrected chi connectivity index (χ4v) is 8.50. The van der Waals surface area contributed by atoms with Crippen molar-refractivity contribution in [2.24, 2.45) is 0 Å². The molecule has 0 amide bonds. The van der Waals surface area contributed by atoms with Crippen LogP contribution in [0.1, 0.15) is 219 Å². The second kappa shape index (κ2) is 41.1. The van der Waals surface area contributed by atoms with E-state index in [4.69, 9.17) is 18.9 Å². The van der Waals surface area contributed by atoms with Gasteiger partial charge in [0, 0.05) is 12.8 Å². The molecule has 0 aromatic heterocycles. The first-order valence-corrected chi connectivity index (χ1v) is 27.2. The first-order valence-electron chi connectivity index (χ1n) is 25.5. The van der Waals surface area contributed by atoms with Crippen LogP contribution in [-0.4, -0.2) is 96.0 Å². The summed E-state index contributed by atoms with van der Waals surface area (Å²) in [6.45, 7) is 3.66. The van der Waals surface area contributed by atoms with E-state index in [9.17, 15) is 37.9 Å². The van der Waals surface area contributed by atoms with E-state index in [2.05, 4.69) is 50.3 Å². The Balaban J connectivity index is 2.36. The zero-order valence-electron chi connectivity index (χ0n) is 40.1. The van der Waals surface area contributed by atoms with Gasteiger partial charge in [-0.25, -0.2) is 0 Å². The van der Waals surface area contributed by atoms with Gasteiger partial charge in [0.05, 0.1) is 6.61 Å². The summed E-state index contributed by atoms with van der Waals surface area (Å²) in [6, 6.07) is 0. The lowest BCUT2D eigenvalue weighted by atomic mass is 10.00. The van der Waals surface area contributed by atoms with E-state index < -0.39 is 71.2 Å². The monoisotopic (exact) mass is 929 g/mol. The van der Waals surface area contributed by atoms with Gasteiger partial charge in [-0.2, -0.15) is 8.42 Å². The second-order valence-electron chi connectivity index (χ2n) is 17.8. The molecule has 6 atom stereocenters. The molecule has 13 heteroatoms. The van der Waals surface area contributed by atoms with Crippen LogP contribution in [0.2, 0.25) is 0 Å². The van der Waals surface area contributed by atoms with Crippen LogP contribution < -0.4 is 0 Å². The number of hydrogen-bond acceptors (Lipinski definition) is 11. The minimum Gasteiger partial charge on any atom is -0.462 e. The van der Waals surface area contributed by atoms with Crippen molar-refractivity contribution < 1.29 is 56.8 Å². The molecule has 64 heavy (non-hydrogen) atoms. The van der Waals surface area contributed by atoms with Crippen LogP contribution in [0.25, 0.3) is 0 Å². The molecule has 374 valence electrons. The number of allylic oxidation sites excluding steroid dienone is 6. The van der Waals surface area contributed by atoms with Crippen molar-refractivity contribution in [3.8, 4) is 0 Å². The summed E-state index contributed by atoms with van der Waals surface area (Å²) in [7, 11) is -4.61. The molecule has 0 aromatic carbocycles. The molecular weight excluding hydrogens is 837 g/mol. The average Bonchev–Trinajstić information content (AvgIpc) is 3.26. The van der Waals surface area contributed by atoms with Crippen molar-refractivity contribution in [2.45, 2.75) is 256 Å². The highest BCUT2D eigenvalue weighted by Crippen LogP contribution is 2.24. The summed E-state index contributed by atoms with van der Waals surface area (Å²) in [5.41, 5.74) is 0. The maximum atomic E-state index is 12.9. The summed E-state index contributed by atoms with van der Waals surface area (Å²) in [5, 5.41) is 31.0. The number of hydrogen-bond donors (Lipinski definition) is 4. The molecule has 1 aliphatic heterocycles. The lowest BCUT2D eigenvalue weighted by Gasteiger charge is -2.40. The molecule has 0 aliphatic carbocycles. The van der Waals surface area contributed by atoms with E-state index in [0.717, 1.165) is 70.6 Å². The maximum Gasteiger partial charge on any atom is 0.306 e. The minimum absolute atomic E-state index is 0.164. The van der Waals surface area contributed by atoms with E-state index >= 15 is 0 Å². The van der Waals surface area contributed by atoms with Gasteiger partial charge in [0.1, 0.15) is 36.8 Å². The van der Waals surface area contributed by atoms with Gasteiger partial charge in [0.2, 0.25) is 0 Å². The Morgan fingerprint density at radius 2 is 0.984 bits per heavy atom. The predicted octanol–water partition coefficient (Wildman–Crippen LogP) is 11.3. The van der Waals surface area contributed by atoms with E-state index in [1.54, 1.807) is 0 Å². The van der Waals surface area contributed by atoms with Crippen LogP contribution in [0.15, 0.2) is 36.5 Å². The summed E-state index contributed by atoms with van der Waals surface area (Å²) in [4.78, 5) is 25.5. The van der Waals surface area contributed by atoms with E-state index in [-0.39, 0.29) is 19.4 Å². The van der Waals surface area contributed by atoms with Crippen LogP contribution in [0.3, 0.4) is 0 Å². The minimum atomic E-state index is -4.61. The van der Waals surface area contributed by atoms with Crippen LogP contribution >= 0.6 is 0 Å². The SMILES string of the molecule is CC/C=C/C/C=C/C/C=C/CCCCCCCC(=O)OC[C@H](CO[C@H]1O[C@H](CS(=O)(=O)O)[C@@H](O)C(O)C1O)OC(=O)CCCCCCCCCCCCCCCCCCCCCCC. The van der Waals surface area contributed by atoms with Crippen molar-refractivity contribution in [1.82, 2.24) is 0 Å². The number of esters is 2. The average molecular weight is 929 g/mol. The van der Waals surface area contributed by atoms with Crippen LogP contribution in [0, 0.1) is 0 Å². The zero-order chi connectivity index (χ0) is 46.9. The van der Waals surface area contributed by atoms with Gasteiger partial charge in [-0.3, -0.25) is 14.1 Å². The largest absolute Gasteiger partial charge is 0.462 e. The number of aliphatic hydroxyl groups excluding tert-OH is 3. The summed E-state index contributed by atoms with van der Waals surface area (Å²) in [6.07, 6.45) is 39.0. The Labute approximate surface area is 389 Å². The van der Waals surface area contributed by atoms with Crippen LogP contribution in [-0.2, 0) is 38.7 Å². The third kappa shape index (κ3) is 35.1. The first-order chi connectivity index (χ1) is 31.0. The van der Waals surface area contributed by atoms with Gasteiger partial charge in [0.15, 0.2) is 12.4 Å². The number of ether oxygens (including phenoxy) is 4. The van der Waals surface area contributed by atoms with Crippen molar-refractivity contribution in [1.29, 1.82) is 0 Å². The quantitative estimate of drug-likeness (QED) is 0.0196. The molecular formula is C51H92O12S. The highest BCUT2D eigenvalue weighted by atomic mass is 32.2. The highest BCUT2D eigenvalue weighted by molar-refractivity contribution is 7.85. The Morgan fingerprint density at radius 1 is 0.547 bits per heavy atom. The molecule has 1 fully saturated rings. The van der Waals surface area contributed by atoms with Crippen molar-refractivity contribution in [3.05, 3.63) is 36.5 Å². The van der Waals surface area contributed by atoms with E-state index in [0.29, 0.717) is 12.8 Å². The highest BCUT2D eigenvalue weighted by Gasteiger charge is 2.46. The molecule has 1 heterocycles. The van der Waals surface area contributed by atoms with Gasteiger partial charge in [-0.15, -0.1) is 0 Å². The summed E-state index contributed by atoms with van der Waals surface area (Å²) in [5.74, 6) is -1.99. The van der Waals surface area contributed by atoms with Crippen molar-refractivity contribution >= 4 is 22.1 Å². The summed E-state index contributed by atoms with van der Waals surface area (Å²) < 4.78 is 54.2. The Bertz CT molecular complexity index is 1320. The standard InChI is InChI=1S/C51H92O12S/c1-3-5-7-9-11-13-15-17-19-20-21-22-23-24-26-28-30-32-34-36-38-40-47(53)62-44(42-61-51-50(56)49(55)48(54)45(63-51)43-64(57,58)59)41-60-46(52)39-37-35-33-31-29-27-25-18-16-14-12-10-8-6-4-2/h6,8,12,14,18,25,44-45,48-51,54-56H,3-5,7,9-11,13,15-17,19-24,26-43H2,1-2H3,(H,57,58,59)/b8-6+,14-12+,25-18+/t44-,45-,48-,49?,50?,51+/m1/s1. The third-order valence-electron chi connectivity index (χ3n) is 11.7. The van der Waals surface area contributed by atoms with Crippen LogP contribution in [0.4, 0.5) is 0 Å². The molecule has 2 unspecified atom stereocenters. The predicted molar refractivity (Wildman–Crippen MR) is 256 cm³/mol. The van der Waals surface area contributed by atoms with E-state index in [1.807, 2.05) is 0 Å². The molecule has 0 bridgehead atoms. The first kappa shape index (κ1) is 59.9. The Morgan fingerprint density at radius 3 is 1.47 bits per heavy atom. The van der Waals surface area contributed by atoms with Gasteiger partial charge in [-0.1, -0.05) is 198 Å². The number of unbranched alkanes of at least 4 members (excludes halogenated alkanes) is 25. The number of aliphatic hydroxyl groups is 3. The number of carbonyl (C=O) groups is 2. The maximum absolute atomic E-state index is 12.9. The fraction of sp³-hybridized carbons (Fsp3) is 0.843. The van der Waals surface area contributed by atoms with Gasteiger partial charge >= 0.3 is 11.9 Å². The Kier molecular flexibility index (Phi) is 38.4. The molecule has 4 N–H and O–H groups in total. The molecule has 1 rings (SSSR count). The topological polar surface area (TPSA) is 186 Å². The lowest BCUT2D eigenvalue weighted by molar-refractivity contribution is -0.297. The Hall–Kier alpha value is -2.13. The van der Waals surface area contributed by atoms with Gasteiger partial charge < -0.3 is 34.3 Å². The van der Waals surface area contributed by atoms with Crippen molar-refractivity contribution in [2.75, 3.05) is 19.0 Å². The molecule has 12 nitrogen and oxygen atoms in total. The molecule has 0 spiro atoms. The zero-order valence-corrected chi connectivity index (χ0v) is 41.0. The van der Waals surface area contributed by atoms with Crippen LogP contribution in [0.5, 0.6) is 0 Å².